The van der Waals surface area contributed by atoms with Crippen molar-refractivity contribution in [2.45, 2.75) is 12.8 Å². The first-order valence-electron chi connectivity index (χ1n) is 6.52. The van der Waals surface area contributed by atoms with Gasteiger partial charge in [-0.3, -0.25) is 0 Å². The molecule has 4 N–H and O–H groups in total. The maximum Gasteiger partial charge on any atom is 0.260 e. The number of anilines is 1. The molecule has 0 amide bonds. The van der Waals surface area contributed by atoms with Gasteiger partial charge >= 0.3 is 0 Å². The van der Waals surface area contributed by atoms with Crippen molar-refractivity contribution < 1.29 is 4.52 Å². The molecule has 0 aliphatic heterocycles. The van der Waals surface area contributed by atoms with Crippen LogP contribution in [0.1, 0.15) is 17.0 Å². The van der Waals surface area contributed by atoms with E-state index in [9.17, 15) is 0 Å². The number of aryl methyl sites for hydroxylation is 1. The zero-order chi connectivity index (χ0) is 14.1. The first-order chi connectivity index (χ1) is 9.67. The van der Waals surface area contributed by atoms with Gasteiger partial charge in [-0.1, -0.05) is 6.07 Å². The van der Waals surface area contributed by atoms with Gasteiger partial charge in [-0.25, -0.2) is 0 Å². The molecule has 0 radical (unpaired) electrons. The highest BCUT2D eigenvalue weighted by Gasteiger charge is 2.09. The molecule has 1 aromatic carbocycles. The summed E-state index contributed by atoms with van der Waals surface area (Å²) in [5.41, 5.74) is 14.7. The average Bonchev–Trinajstić information content (AvgIpc) is 2.95. The molecule has 0 fully saturated rings. The number of aromatic nitrogens is 3. The van der Waals surface area contributed by atoms with Gasteiger partial charge in [-0.05, 0) is 41.4 Å². The summed E-state index contributed by atoms with van der Waals surface area (Å²) in [5.74, 6) is 0.697. The van der Waals surface area contributed by atoms with Crippen molar-refractivity contribution in [3.63, 3.8) is 0 Å². The lowest BCUT2D eigenvalue weighted by atomic mass is 10.1. The van der Waals surface area contributed by atoms with Crippen molar-refractivity contribution in [2.75, 3.05) is 12.3 Å². The van der Waals surface area contributed by atoms with Gasteiger partial charge in [0.25, 0.3) is 5.95 Å². The quantitative estimate of drug-likeness (QED) is 0.744. The second kappa shape index (κ2) is 4.97. The van der Waals surface area contributed by atoms with Gasteiger partial charge in [0.1, 0.15) is 0 Å². The number of hydrogen-bond acceptors (Lipinski definition) is 5. The molecule has 2 heterocycles. The van der Waals surface area contributed by atoms with Crippen molar-refractivity contribution in [1.29, 1.82) is 0 Å². The predicted octanol–water partition coefficient (Wildman–Crippen LogP) is 1.24. The highest BCUT2D eigenvalue weighted by molar-refractivity contribution is 5.84. The van der Waals surface area contributed by atoms with Crippen LogP contribution in [-0.4, -0.2) is 21.3 Å². The molecule has 6 nitrogen and oxygen atoms in total. The Hall–Kier alpha value is -2.34. The fourth-order valence-corrected chi connectivity index (χ4v) is 2.50. The Morgan fingerprint density at radius 3 is 2.90 bits per heavy atom. The zero-order valence-corrected chi connectivity index (χ0v) is 11.3. The standard InChI is InChI=1S/C14H17N5O/c1-19-8-10(4-5-15)11-6-9(2-3-12(11)19)7-13-17-14(16)18-20-13/h2-3,6,8H,4-5,7,15H2,1H3,(H2,16,18). The van der Waals surface area contributed by atoms with Crippen LogP contribution in [0.15, 0.2) is 28.9 Å². The third-order valence-electron chi connectivity index (χ3n) is 3.39. The molecule has 0 unspecified atom stereocenters. The Bertz CT molecular complexity index is 743. The van der Waals surface area contributed by atoms with E-state index in [0.29, 0.717) is 18.9 Å². The summed E-state index contributed by atoms with van der Waals surface area (Å²) >= 11 is 0. The molecule has 3 rings (SSSR count). The molecule has 0 aliphatic rings. The molecular formula is C14H17N5O. The molecule has 104 valence electrons. The number of rotatable bonds is 4. The van der Waals surface area contributed by atoms with E-state index in [4.69, 9.17) is 16.0 Å². The van der Waals surface area contributed by atoms with Gasteiger partial charge in [0.2, 0.25) is 5.89 Å². The van der Waals surface area contributed by atoms with E-state index < -0.39 is 0 Å². The highest BCUT2D eigenvalue weighted by atomic mass is 16.5. The summed E-state index contributed by atoms with van der Waals surface area (Å²) in [6.45, 7) is 0.642. The highest BCUT2D eigenvalue weighted by Crippen LogP contribution is 2.23. The Kier molecular flexibility index (Phi) is 3.15. The molecule has 0 saturated heterocycles. The molecule has 2 aromatic heterocycles. The number of nitrogens with zero attached hydrogens (tertiary/aromatic N) is 3. The van der Waals surface area contributed by atoms with Crippen LogP contribution in [0.25, 0.3) is 10.9 Å². The molecule has 0 bridgehead atoms. The maximum absolute atomic E-state index is 5.67. The first-order valence-corrected chi connectivity index (χ1v) is 6.52. The fraction of sp³-hybridized carbons (Fsp3) is 0.286. The number of hydrogen-bond donors (Lipinski definition) is 2. The number of nitrogen functional groups attached to an aromatic ring is 1. The lowest BCUT2D eigenvalue weighted by Gasteiger charge is -2.01. The van der Waals surface area contributed by atoms with E-state index in [1.807, 2.05) is 7.05 Å². The van der Waals surface area contributed by atoms with Crippen molar-refractivity contribution in [3.8, 4) is 0 Å². The SMILES string of the molecule is Cn1cc(CCN)c2cc(Cc3nc(N)no3)ccc21. The van der Waals surface area contributed by atoms with Crippen LogP contribution in [0.5, 0.6) is 0 Å². The Morgan fingerprint density at radius 1 is 1.35 bits per heavy atom. The van der Waals surface area contributed by atoms with E-state index in [0.717, 1.165) is 12.0 Å². The van der Waals surface area contributed by atoms with E-state index >= 15 is 0 Å². The third kappa shape index (κ3) is 2.25. The molecule has 3 aromatic rings. The number of nitrogens with two attached hydrogens (primary N) is 2. The molecule has 0 spiro atoms. The summed E-state index contributed by atoms with van der Waals surface area (Å²) in [5, 5.41) is 4.82. The molecule has 6 heteroatoms. The Balaban J connectivity index is 1.98. The van der Waals surface area contributed by atoms with Gasteiger partial charge in [0.05, 0.1) is 6.42 Å². The number of fused-ring (bicyclic) bond motifs is 1. The first kappa shape index (κ1) is 12.7. The van der Waals surface area contributed by atoms with E-state index in [1.54, 1.807) is 0 Å². The summed E-state index contributed by atoms with van der Waals surface area (Å²) in [6, 6.07) is 6.32. The van der Waals surface area contributed by atoms with Crippen molar-refractivity contribution in [1.82, 2.24) is 14.7 Å². The molecule has 0 saturated carbocycles. The minimum atomic E-state index is 0.171. The number of benzene rings is 1. The topological polar surface area (TPSA) is 95.9 Å². The van der Waals surface area contributed by atoms with Crippen LogP contribution in [0, 0.1) is 0 Å². The second-order valence-electron chi connectivity index (χ2n) is 4.88. The van der Waals surface area contributed by atoms with E-state index in [2.05, 4.69) is 39.1 Å². The lowest BCUT2D eigenvalue weighted by Crippen LogP contribution is -2.02. The van der Waals surface area contributed by atoms with Crippen molar-refractivity contribution >= 4 is 16.9 Å². The average molecular weight is 271 g/mol. The van der Waals surface area contributed by atoms with Gasteiger partial charge in [-0.15, -0.1) is 0 Å². The zero-order valence-electron chi connectivity index (χ0n) is 11.3. The lowest BCUT2D eigenvalue weighted by molar-refractivity contribution is 0.386. The minimum absolute atomic E-state index is 0.171. The van der Waals surface area contributed by atoms with Gasteiger partial charge < -0.3 is 20.6 Å². The second-order valence-corrected chi connectivity index (χ2v) is 4.88. The van der Waals surface area contributed by atoms with Crippen molar-refractivity contribution in [3.05, 3.63) is 41.4 Å². The summed E-state index contributed by atoms with van der Waals surface area (Å²) < 4.78 is 7.17. The van der Waals surface area contributed by atoms with Crippen LogP contribution >= 0.6 is 0 Å². The van der Waals surface area contributed by atoms with Crippen LogP contribution in [0.2, 0.25) is 0 Å². The van der Waals surface area contributed by atoms with Crippen molar-refractivity contribution in [2.24, 2.45) is 12.8 Å². The molecule has 20 heavy (non-hydrogen) atoms. The molecule has 0 aliphatic carbocycles. The third-order valence-corrected chi connectivity index (χ3v) is 3.39. The normalized spacial score (nSPS) is 11.3. The smallest absolute Gasteiger partial charge is 0.260 e. The summed E-state index contributed by atoms with van der Waals surface area (Å²) in [7, 11) is 2.04. The van der Waals surface area contributed by atoms with Gasteiger partial charge in [0, 0.05) is 24.1 Å². The van der Waals surface area contributed by atoms with E-state index in [1.165, 1.54) is 16.5 Å². The van der Waals surface area contributed by atoms with Crippen LogP contribution in [-0.2, 0) is 19.9 Å². The Labute approximate surface area is 116 Å². The summed E-state index contributed by atoms with van der Waals surface area (Å²) in [4.78, 5) is 4.02. The van der Waals surface area contributed by atoms with Gasteiger partial charge in [-0.2, -0.15) is 4.98 Å². The minimum Gasteiger partial charge on any atom is -0.365 e. The Morgan fingerprint density at radius 2 is 2.20 bits per heavy atom. The molecule has 0 atom stereocenters. The molecular weight excluding hydrogens is 254 g/mol. The largest absolute Gasteiger partial charge is 0.365 e. The summed E-state index contributed by atoms with van der Waals surface area (Å²) in [6.07, 6.45) is 3.58. The van der Waals surface area contributed by atoms with Crippen LogP contribution in [0.3, 0.4) is 0 Å². The predicted molar refractivity (Wildman–Crippen MR) is 77.2 cm³/mol. The monoisotopic (exact) mass is 271 g/mol. The van der Waals surface area contributed by atoms with Crippen LogP contribution in [0.4, 0.5) is 5.95 Å². The fourth-order valence-electron chi connectivity index (χ4n) is 2.50. The van der Waals surface area contributed by atoms with Crippen LogP contribution < -0.4 is 11.5 Å². The van der Waals surface area contributed by atoms with Gasteiger partial charge in [0.15, 0.2) is 0 Å². The maximum atomic E-state index is 5.67. The van der Waals surface area contributed by atoms with E-state index in [-0.39, 0.29) is 5.95 Å².